The third-order valence-corrected chi connectivity index (χ3v) is 3.38. The molecule has 0 radical (unpaired) electrons. The molecular weight excluding hydrogens is 271 g/mol. The lowest BCUT2D eigenvalue weighted by Gasteiger charge is -2.27. The molecule has 1 saturated heterocycles. The zero-order valence-corrected chi connectivity index (χ0v) is 10.7. The van der Waals surface area contributed by atoms with E-state index in [2.05, 4.69) is 0 Å². The van der Waals surface area contributed by atoms with Gasteiger partial charge in [-0.2, -0.15) is 0 Å². The Bertz CT molecular complexity index is 551. The Morgan fingerprint density at radius 2 is 2.25 bits per heavy atom. The Balaban J connectivity index is 2.36. The average molecular weight is 284 g/mol. The zero-order chi connectivity index (χ0) is 14.9. The molecule has 1 heterocycles. The number of carbonyl (C=O) groups is 1. The van der Waals surface area contributed by atoms with Gasteiger partial charge in [-0.3, -0.25) is 14.9 Å². The first-order valence-corrected chi connectivity index (χ1v) is 5.89. The van der Waals surface area contributed by atoms with Crippen molar-refractivity contribution in [2.24, 2.45) is 5.92 Å². The van der Waals surface area contributed by atoms with Crippen molar-refractivity contribution >= 4 is 17.3 Å². The fraction of sp³-hybridized carbons (Fsp3) is 0.417. The molecule has 0 bridgehead atoms. The monoisotopic (exact) mass is 284 g/mol. The van der Waals surface area contributed by atoms with Gasteiger partial charge in [0, 0.05) is 7.05 Å². The number of rotatable bonds is 4. The molecule has 2 rings (SSSR count). The number of aliphatic carboxylic acids is 1. The van der Waals surface area contributed by atoms with Crippen LogP contribution in [0.25, 0.3) is 0 Å². The number of hydrogen-bond acceptors (Lipinski definition) is 5. The molecule has 1 aromatic carbocycles. The number of carboxylic acids is 1. The van der Waals surface area contributed by atoms with Crippen molar-refractivity contribution in [3.8, 4) is 0 Å². The highest BCUT2D eigenvalue weighted by atomic mass is 19.1. The van der Waals surface area contributed by atoms with Crippen LogP contribution in [0.2, 0.25) is 0 Å². The number of nitro benzene ring substituents is 1. The molecule has 1 aliphatic heterocycles. The molecular formula is C12H13FN2O5. The Morgan fingerprint density at radius 3 is 2.85 bits per heavy atom. The van der Waals surface area contributed by atoms with E-state index in [0.717, 1.165) is 12.1 Å². The highest BCUT2D eigenvalue weighted by Crippen LogP contribution is 2.32. The van der Waals surface area contributed by atoms with Gasteiger partial charge in [-0.15, -0.1) is 0 Å². The molecule has 0 aliphatic carbocycles. The van der Waals surface area contributed by atoms with E-state index in [1.54, 1.807) is 0 Å². The minimum Gasteiger partial charge on any atom is -0.481 e. The number of hydrogen-bond donors (Lipinski definition) is 1. The molecule has 1 aliphatic rings. The number of carboxylic acid groups (broad SMARTS) is 1. The highest BCUT2D eigenvalue weighted by Gasteiger charge is 2.38. The van der Waals surface area contributed by atoms with Gasteiger partial charge in [-0.05, 0) is 12.1 Å². The second-order valence-electron chi connectivity index (χ2n) is 4.55. The van der Waals surface area contributed by atoms with E-state index in [9.17, 15) is 19.3 Å². The second kappa shape index (κ2) is 5.41. The Morgan fingerprint density at radius 1 is 1.55 bits per heavy atom. The number of likely N-dealkylation sites (N-methyl/N-ethyl adjacent to an activating group) is 1. The average Bonchev–Trinajstić information content (AvgIpc) is 2.87. The third-order valence-electron chi connectivity index (χ3n) is 3.38. The van der Waals surface area contributed by atoms with Crippen molar-refractivity contribution in [2.45, 2.75) is 6.04 Å². The van der Waals surface area contributed by atoms with Crippen LogP contribution in [0.15, 0.2) is 18.2 Å². The van der Waals surface area contributed by atoms with Crippen LogP contribution < -0.4 is 4.90 Å². The van der Waals surface area contributed by atoms with E-state index in [0.29, 0.717) is 0 Å². The summed E-state index contributed by atoms with van der Waals surface area (Å²) in [5.41, 5.74) is -0.235. The van der Waals surface area contributed by atoms with Crippen LogP contribution in [0.1, 0.15) is 0 Å². The standard InChI is InChI=1S/C12H13FN2O5/c1-14(11-6-20-5-8(11)12(16)17)9-3-2-7(13)4-10(9)15(18)19/h2-4,8,11H,5-6H2,1H3,(H,16,17). The van der Waals surface area contributed by atoms with Crippen molar-refractivity contribution in [2.75, 3.05) is 25.2 Å². The number of nitrogens with zero attached hydrogens (tertiary/aromatic N) is 2. The minimum absolute atomic E-state index is 0.0549. The largest absolute Gasteiger partial charge is 0.481 e. The smallest absolute Gasteiger partial charge is 0.311 e. The van der Waals surface area contributed by atoms with E-state index in [1.807, 2.05) is 0 Å². The van der Waals surface area contributed by atoms with E-state index in [1.165, 1.54) is 18.0 Å². The van der Waals surface area contributed by atoms with Gasteiger partial charge in [0.1, 0.15) is 17.4 Å². The summed E-state index contributed by atoms with van der Waals surface area (Å²) in [5.74, 6) is -2.51. The quantitative estimate of drug-likeness (QED) is 0.661. The molecule has 0 aromatic heterocycles. The summed E-state index contributed by atoms with van der Waals surface area (Å²) >= 11 is 0. The summed E-state index contributed by atoms with van der Waals surface area (Å²) in [6.07, 6.45) is 0. The molecule has 2 unspecified atom stereocenters. The summed E-state index contributed by atoms with van der Waals surface area (Å²) in [4.78, 5) is 22.9. The first-order chi connectivity index (χ1) is 9.41. The van der Waals surface area contributed by atoms with Crippen LogP contribution in [0.5, 0.6) is 0 Å². The number of benzene rings is 1. The molecule has 1 aromatic rings. The van der Waals surface area contributed by atoms with Crippen molar-refractivity contribution in [1.29, 1.82) is 0 Å². The van der Waals surface area contributed by atoms with Gasteiger partial charge in [-0.1, -0.05) is 0 Å². The summed E-state index contributed by atoms with van der Waals surface area (Å²) in [5, 5.41) is 20.1. The third kappa shape index (κ3) is 2.55. The van der Waals surface area contributed by atoms with E-state index >= 15 is 0 Å². The van der Waals surface area contributed by atoms with E-state index in [4.69, 9.17) is 9.84 Å². The maximum Gasteiger partial charge on any atom is 0.311 e. The molecule has 0 amide bonds. The second-order valence-corrected chi connectivity index (χ2v) is 4.55. The van der Waals surface area contributed by atoms with Crippen LogP contribution in [0, 0.1) is 21.8 Å². The summed E-state index contributed by atoms with van der Waals surface area (Å²) in [6.45, 7) is 0.210. The van der Waals surface area contributed by atoms with Crippen LogP contribution >= 0.6 is 0 Å². The van der Waals surface area contributed by atoms with Crippen LogP contribution in [0.4, 0.5) is 15.8 Å². The van der Waals surface area contributed by atoms with Crippen molar-refractivity contribution < 1.29 is 24.0 Å². The number of halogens is 1. The Labute approximate surface area is 113 Å². The van der Waals surface area contributed by atoms with Gasteiger partial charge < -0.3 is 14.7 Å². The predicted molar refractivity (Wildman–Crippen MR) is 67.2 cm³/mol. The van der Waals surface area contributed by atoms with Crippen LogP contribution in [-0.4, -0.2) is 42.3 Å². The lowest BCUT2D eigenvalue weighted by Crippen LogP contribution is -2.41. The van der Waals surface area contributed by atoms with Crippen molar-refractivity contribution in [3.63, 3.8) is 0 Å². The molecule has 20 heavy (non-hydrogen) atoms. The summed E-state index contributed by atoms with van der Waals surface area (Å²) in [6, 6.07) is 2.66. The fourth-order valence-corrected chi connectivity index (χ4v) is 2.28. The molecule has 8 heteroatoms. The van der Waals surface area contributed by atoms with Crippen LogP contribution in [-0.2, 0) is 9.53 Å². The number of ether oxygens (including phenoxy) is 1. The van der Waals surface area contributed by atoms with Gasteiger partial charge in [0.15, 0.2) is 0 Å². The lowest BCUT2D eigenvalue weighted by atomic mass is 10.0. The minimum atomic E-state index is -1.02. The normalized spacial score (nSPS) is 21.7. The molecule has 7 nitrogen and oxygen atoms in total. The van der Waals surface area contributed by atoms with E-state index in [-0.39, 0.29) is 18.9 Å². The molecule has 0 spiro atoms. The maximum atomic E-state index is 13.1. The Hall–Kier alpha value is -2.22. The van der Waals surface area contributed by atoms with Crippen molar-refractivity contribution in [3.05, 3.63) is 34.1 Å². The topological polar surface area (TPSA) is 92.9 Å². The van der Waals surface area contributed by atoms with Gasteiger partial charge in [0.25, 0.3) is 5.69 Å². The van der Waals surface area contributed by atoms with Gasteiger partial charge in [0.05, 0.1) is 30.2 Å². The lowest BCUT2D eigenvalue weighted by molar-refractivity contribution is -0.384. The maximum absolute atomic E-state index is 13.1. The van der Waals surface area contributed by atoms with Gasteiger partial charge in [-0.25, -0.2) is 4.39 Å². The van der Waals surface area contributed by atoms with E-state index < -0.39 is 34.4 Å². The SMILES string of the molecule is CN(c1ccc(F)cc1[N+](=O)[O-])C1COCC1C(=O)O. The summed E-state index contributed by atoms with van der Waals surface area (Å²) in [7, 11) is 1.54. The van der Waals surface area contributed by atoms with Crippen molar-refractivity contribution in [1.82, 2.24) is 0 Å². The first-order valence-electron chi connectivity index (χ1n) is 5.89. The molecule has 0 saturated carbocycles. The Kier molecular flexibility index (Phi) is 3.84. The van der Waals surface area contributed by atoms with Crippen LogP contribution in [0.3, 0.4) is 0 Å². The summed E-state index contributed by atoms with van der Waals surface area (Å²) < 4.78 is 18.2. The zero-order valence-electron chi connectivity index (χ0n) is 10.7. The van der Waals surface area contributed by atoms with Gasteiger partial charge >= 0.3 is 5.97 Å². The first kappa shape index (κ1) is 14.2. The fourth-order valence-electron chi connectivity index (χ4n) is 2.28. The highest BCUT2D eigenvalue weighted by molar-refractivity contribution is 5.73. The number of anilines is 1. The molecule has 108 valence electrons. The molecule has 1 N–H and O–H groups in total. The molecule has 1 fully saturated rings. The number of nitro groups is 1. The molecule has 2 atom stereocenters. The predicted octanol–water partition coefficient (Wildman–Crippen LogP) is 1.27. The van der Waals surface area contributed by atoms with Gasteiger partial charge in [0.2, 0.25) is 0 Å².